The van der Waals surface area contributed by atoms with E-state index in [0.29, 0.717) is 0 Å². The zero-order chi connectivity index (χ0) is 8.69. The Hall–Kier alpha value is -0.160. The van der Waals surface area contributed by atoms with Crippen molar-refractivity contribution in [1.29, 1.82) is 0 Å². The molecule has 0 aromatic heterocycles. The molecule has 2 atom stereocenters. The van der Waals surface area contributed by atoms with Crippen molar-refractivity contribution in [3.63, 3.8) is 0 Å². The van der Waals surface area contributed by atoms with Crippen LogP contribution < -0.4 is 0 Å². The van der Waals surface area contributed by atoms with Crippen molar-refractivity contribution in [2.75, 3.05) is 21.0 Å². The van der Waals surface area contributed by atoms with E-state index in [4.69, 9.17) is 18.9 Å². The molecule has 11 heavy (non-hydrogen) atoms. The Kier molecular flexibility index (Phi) is 6.45. The predicted octanol–water partition coefficient (Wildman–Crippen LogP) is 0.962. The van der Waals surface area contributed by atoms with Crippen LogP contribution in [0.15, 0.2) is 0 Å². The van der Waals surface area contributed by atoms with Crippen LogP contribution in [0.3, 0.4) is 0 Å². The molecule has 4 heteroatoms. The average Bonchev–Trinajstić information content (AvgIpc) is 2.04. The summed E-state index contributed by atoms with van der Waals surface area (Å²) in [6.07, 6.45) is -0.474. The Labute approximate surface area is 67.4 Å². The lowest BCUT2D eigenvalue weighted by atomic mass is 10.7. The summed E-state index contributed by atoms with van der Waals surface area (Å²) in [4.78, 5) is 0. The first kappa shape index (κ1) is 10.8. The quantitative estimate of drug-likeness (QED) is 0.548. The third kappa shape index (κ3) is 6.25. The van der Waals surface area contributed by atoms with Crippen molar-refractivity contribution >= 4 is 0 Å². The molecular formula is C7H16O4. The normalized spacial score (nSPS) is 16.4. The Balaban J connectivity index is 3.13. The molecule has 0 fully saturated rings. The Morgan fingerprint density at radius 3 is 1.55 bits per heavy atom. The highest BCUT2D eigenvalue weighted by molar-refractivity contribution is 4.26. The van der Waals surface area contributed by atoms with E-state index in [-0.39, 0.29) is 19.4 Å². The van der Waals surface area contributed by atoms with Crippen LogP contribution in [0.25, 0.3) is 0 Å². The van der Waals surface area contributed by atoms with E-state index in [1.165, 1.54) is 0 Å². The zero-order valence-corrected chi connectivity index (χ0v) is 7.49. The van der Waals surface area contributed by atoms with E-state index in [2.05, 4.69) is 0 Å². The predicted molar refractivity (Wildman–Crippen MR) is 40.0 cm³/mol. The lowest BCUT2D eigenvalue weighted by molar-refractivity contribution is -0.224. The second-order valence-electron chi connectivity index (χ2n) is 2.06. The molecule has 0 aromatic rings. The Morgan fingerprint density at radius 2 is 1.27 bits per heavy atom. The van der Waals surface area contributed by atoms with E-state index in [0.717, 1.165) is 0 Å². The Morgan fingerprint density at radius 1 is 0.909 bits per heavy atom. The smallest absolute Gasteiger partial charge is 0.157 e. The second-order valence-corrected chi connectivity index (χ2v) is 2.06. The van der Waals surface area contributed by atoms with Gasteiger partial charge in [-0.25, -0.2) is 0 Å². The summed E-state index contributed by atoms with van der Waals surface area (Å²) in [5.41, 5.74) is 0. The maximum atomic E-state index is 5.04. The summed E-state index contributed by atoms with van der Waals surface area (Å²) in [6.45, 7) is 3.77. The highest BCUT2D eigenvalue weighted by atomic mass is 16.8. The van der Waals surface area contributed by atoms with Crippen molar-refractivity contribution in [2.45, 2.75) is 26.4 Å². The lowest BCUT2D eigenvalue weighted by Gasteiger charge is -2.14. The fourth-order valence-electron chi connectivity index (χ4n) is 0.367. The molecule has 0 saturated carbocycles. The number of hydrogen-bond acceptors (Lipinski definition) is 4. The summed E-state index contributed by atoms with van der Waals surface area (Å²) < 4.78 is 19.7. The van der Waals surface area contributed by atoms with Gasteiger partial charge >= 0.3 is 0 Å². The molecule has 0 radical (unpaired) electrons. The van der Waals surface area contributed by atoms with Crippen LogP contribution in [0.2, 0.25) is 0 Å². The molecule has 68 valence electrons. The minimum Gasteiger partial charge on any atom is -0.356 e. The lowest BCUT2D eigenvalue weighted by Crippen LogP contribution is -2.17. The first-order valence-electron chi connectivity index (χ1n) is 3.49. The van der Waals surface area contributed by atoms with Crippen LogP contribution in [0, 0.1) is 0 Å². The fourth-order valence-corrected chi connectivity index (χ4v) is 0.367. The van der Waals surface area contributed by atoms with Gasteiger partial charge in [-0.05, 0) is 13.8 Å². The molecule has 0 aliphatic carbocycles. The molecule has 0 N–H and O–H groups in total. The molecule has 4 nitrogen and oxygen atoms in total. The molecule has 2 unspecified atom stereocenters. The van der Waals surface area contributed by atoms with Crippen molar-refractivity contribution in [1.82, 2.24) is 0 Å². The average molecular weight is 164 g/mol. The van der Waals surface area contributed by atoms with E-state index < -0.39 is 0 Å². The largest absolute Gasteiger partial charge is 0.356 e. The topological polar surface area (TPSA) is 36.9 Å². The summed E-state index contributed by atoms with van der Waals surface area (Å²) in [5.74, 6) is 0. The fraction of sp³-hybridized carbons (Fsp3) is 1.00. The summed E-state index contributed by atoms with van der Waals surface area (Å²) in [6, 6.07) is 0. The third-order valence-corrected chi connectivity index (χ3v) is 1.27. The van der Waals surface area contributed by atoms with Gasteiger partial charge in [-0.2, -0.15) is 0 Å². The zero-order valence-electron chi connectivity index (χ0n) is 7.49. The van der Waals surface area contributed by atoms with E-state index in [1.807, 2.05) is 0 Å². The van der Waals surface area contributed by atoms with Gasteiger partial charge in [-0.3, -0.25) is 0 Å². The van der Waals surface area contributed by atoms with Crippen molar-refractivity contribution < 1.29 is 18.9 Å². The van der Waals surface area contributed by atoms with Gasteiger partial charge in [0.05, 0.1) is 0 Å². The summed E-state index contributed by atoms with van der Waals surface area (Å²) in [5, 5.41) is 0. The maximum Gasteiger partial charge on any atom is 0.157 e. The van der Waals surface area contributed by atoms with Gasteiger partial charge in [-0.1, -0.05) is 0 Å². The standard InChI is InChI=1S/C7H16O4/c1-6(8-3)10-5-11-7(2)9-4/h6-7H,5H2,1-4H3. The van der Waals surface area contributed by atoms with Crippen LogP contribution in [-0.4, -0.2) is 33.6 Å². The van der Waals surface area contributed by atoms with Gasteiger partial charge in [0.15, 0.2) is 19.4 Å². The van der Waals surface area contributed by atoms with Gasteiger partial charge in [-0.15, -0.1) is 0 Å². The first-order valence-corrected chi connectivity index (χ1v) is 3.49. The monoisotopic (exact) mass is 164 g/mol. The highest BCUT2D eigenvalue weighted by Gasteiger charge is 2.01. The highest BCUT2D eigenvalue weighted by Crippen LogP contribution is 1.94. The van der Waals surface area contributed by atoms with Crippen LogP contribution in [0.4, 0.5) is 0 Å². The minimum atomic E-state index is -0.237. The first-order chi connectivity index (χ1) is 5.20. The molecular weight excluding hydrogens is 148 g/mol. The third-order valence-electron chi connectivity index (χ3n) is 1.27. The van der Waals surface area contributed by atoms with Crippen molar-refractivity contribution in [2.24, 2.45) is 0 Å². The number of methoxy groups -OCH3 is 2. The Bertz CT molecular complexity index is 76.5. The van der Waals surface area contributed by atoms with Gasteiger partial charge < -0.3 is 18.9 Å². The van der Waals surface area contributed by atoms with Crippen molar-refractivity contribution in [3.05, 3.63) is 0 Å². The SMILES string of the molecule is COC(C)OCOC(C)OC. The molecule has 0 rings (SSSR count). The number of hydrogen-bond donors (Lipinski definition) is 0. The maximum absolute atomic E-state index is 5.04. The van der Waals surface area contributed by atoms with Crippen LogP contribution in [-0.2, 0) is 18.9 Å². The molecule has 0 heterocycles. The molecule has 0 saturated heterocycles. The van der Waals surface area contributed by atoms with Crippen LogP contribution in [0.5, 0.6) is 0 Å². The number of ether oxygens (including phenoxy) is 4. The molecule has 0 spiro atoms. The minimum absolute atomic E-state index is 0.185. The van der Waals surface area contributed by atoms with Gasteiger partial charge in [0.1, 0.15) is 0 Å². The molecule has 0 aromatic carbocycles. The molecule has 0 bridgehead atoms. The second kappa shape index (κ2) is 6.54. The molecule has 0 amide bonds. The van der Waals surface area contributed by atoms with Crippen LogP contribution >= 0.6 is 0 Å². The van der Waals surface area contributed by atoms with Crippen molar-refractivity contribution in [3.8, 4) is 0 Å². The van der Waals surface area contributed by atoms with E-state index in [9.17, 15) is 0 Å². The van der Waals surface area contributed by atoms with Crippen LogP contribution in [0.1, 0.15) is 13.8 Å². The number of rotatable bonds is 6. The van der Waals surface area contributed by atoms with Gasteiger partial charge in [0.25, 0.3) is 0 Å². The molecule has 0 aliphatic heterocycles. The molecule has 0 aliphatic rings. The van der Waals surface area contributed by atoms with E-state index >= 15 is 0 Å². The van der Waals surface area contributed by atoms with Gasteiger partial charge in [0.2, 0.25) is 0 Å². The summed E-state index contributed by atoms with van der Waals surface area (Å²) >= 11 is 0. The van der Waals surface area contributed by atoms with E-state index in [1.54, 1.807) is 28.1 Å². The summed E-state index contributed by atoms with van der Waals surface area (Å²) in [7, 11) is 3.15. The van der Waals surface area contributed by atoms with Gasteiger partial charge in [0, 0.05) is 14.2 Å².